The fourth-order valence-corrected chi connectivity index (χ4v) is 6.64. The van der Waals surface area contributed by atoms with Gasteiger partial charge >= 0.3 is 6.61 Å². The number of carbonyl (C=O) groups is 1. The number of aryl methyl sites for hydroxylation is 2. The number of pyridine rings is 2. The van der Waals surface area contributed by atoms with Crippen LogP contribution >= 0.6 is 15.9 Å². The van der Waals surface area contributed by atoms with E-state index in [4.69, 9.17) is 19.3 Å². The van der Waals surface area contributed by atoms with Crippen molar-refractivity contribution in [3.8, 4) is 22.8 Å². The average Bonchev–Trinajstić information content (AvgIpc) is 3.41. The summed E-state index contributed by atoms with van der Waals surface area (Å²) in [4.78, 5) is 18.0. The van der Waals surface area contributed by atoms with Crippen LogP contribution in [0.2, 0.25) is 0 Å². The Morgan fingerprint density at radius 3 is 2.47 bits per heavy atom. The number of amides is 1. The Kier molecular flexibility index (Phi) is 12.1. The van der Waals surface area contributed by atoms with Crippen molar-refractivity contribution in [1.29, 1.82) is 0 Å². The number of nitrogens with zero attached hydrogens (tertiary/aromatic N) is 2. The fourth-order valence-electron chi connectivity index (χ4n) is 6.30. The smallest absolute Gasteiger partial charge is 0.387 e. The summed E-state index contributed by atoms with van der Waals surface area (Å²) in [6.07, 6.45) is 2.39. The third kappa shape index (κ3) is 8.45. The minimum absolute atomic E-state index is 0.0779. The fraction of sp³-hybridized carbons (Fsp3) is 0.275. The number of hydrogen-bond donors (Lipinski definition) is 2. The normalized spacial score (nSPS) is 13.9. The van der Waals surface area contributed by atoms with Gasteiger partial charge in [-0.3, -0.25) is 4.79 Å². The number of rotatable bonds is 10. The van der Waals surface area contributed by atoms with Crippen LogP contribution in [0.5, 0.6) is 11.5 Å². The first-order valence-corrected chi connectivity index (χ1v) is 17.5. The van der Waals surface area contributed by atoms with Crippen LogP contribution in [0.3, 0.4) is 0 Å². The summed E-state index contributed by atoms with van der Waals surface area (Å²) in [7, 11) is 0. The van der Waals surface area contributed by atoms with Crippen molar-refractivity contribution >= 4 is 38.9 Å². The van der Waals surface area contributed by atoms with Gasteiger partial charge in [-0.2, -0.15) is 8.78 Å². The maximum absolute atomic E-state index is 15.5. The number of aromatic nitrogens is 2. The molecule has 0 saturated carbocycles. The van der Waals surface area contributed by atoms with Crippen LogP contribution in [0.4, 0.5) is 22.0 Å². The summed E-state index contributed by atoms with van der Waals surface area (Å²) in [6.45, 7) is 6.80. The Labute approximate surface area is 312 Å². The molecule has 1 amide bonds. The van der Waals surface area contributed by atoms with Gasteiger partial charge in [0.25, 0.3) is 0 Å². The van der Waals surface area contributed by atoms with Crippen molar-refractivity contribution in [3.63, 3.8) is 0 Å². The molecule has 2 aromatic heterocycles. The van der Waals surface area contributed by atoms with Crippen molar-refractivity contribution < 1.29 is 36.2 Å². The van der Waals surface area contributed by atoms with Crippen molar-refractivity contribution in [3.05, 3.63) is 122 Å². The van der Waals surface area contributed by atoms with Crippen LogP contribution in [-0.2, 0) is 16.6 Å². The maximum Gasteiger partial charge on any atom is 0.387 e. The van der Waals surface area contributed by atoms with Gasteiger partial charge in [0, 0.05) is 56.2 Å². The van der Waals surface area contributed by atoms with Crippen LogP contribution < -0.4 is 20.5 Å². The van der Waals surface area contributed by atoms with E-state index in [0.717, 1.165) is 11.6 Å². The first kappa shape index (κ1) is 39.2. The van der Waals surface area contributed by atoms with Gasteiger partial charge in [0.05, 0.1) is 18.0 Å². The highest BCUT2D eigenvalue weighted by Crippen LogP contribution is 2.46. The summed E-state index contributed by atoms with van der Waals surface area (Å²) in [5.41, 5.74) is 8.35. The molecule has 1 unspecified atom stereocenters. The largest absolute Gasteiger partial charge is 0.490 e. The second kappa shape index (κ2) is 16.3. The lowest BCUT2D eigenvalue weighted by atomic mass is 9.84. The number of nitrogens with two attached hydrogens (primary N) is 1. The molecule has 13 heteroatoms. The minimum atomic E-state index is -3.06. The molecule has 7 nitrogen and oxygen atoms in total. The van der Waals surface area contributed by atoms with Crippen LogP contribution in [0, 0.1) is 24.4 Å². The van der Waals surface area contributed by atoms with Gasteiger partial charge in [-0.15, -0.1) is 0 Å². The molecule has 1 atom stereocenters. The molecular weight excluding hydrogens is 759 g/mol. The summed E-state index contributed by atoms with van der Waals surface area (Å²) >= 11 is 3.48. The molecule has 3 aromatic carbocycles. The third-order valence-electron chi connectivity index (χ3n) is 9.00. The molecule has 0 spiro atoms. The second-order valence-electron chi connectivity index (χ2n) is 13.0. The molecular formula is C40H38BrF5N4O3. The number of halogens is 6. The Morgan fingerprint density at radius 1 is 1.08 bits per heavy atom. The van der Waals surface area contributed by atoms with Gasteiger partial charge in [-0.1, -0.05) is 39.0 Å². The Hall–Kier alpha value is -5.04. The Balaban J connectivity index is 0.00000175. The second-order valence-corrected chi connectivity index (χ2v) is 13.9. The van der Waals surface area contributed by atoms with Crippen LogP contribution in [-0.4, -0.2) is 36.1 Å². The summed E-state index contributed by atoms with van der Waals surface area (Å²) < 4.78 is 83.6. The lowest BCUT2D eigenvalue weighted by Gasteiger charge is -2.24. The number of fused-ring (bicyclic) bond motifs is 2. The molecule has 0 fully saturated rings. The molecule has 6 rings (SSSR count). The molecule has 53 heavy (non-hydrogen) atoms. The Bertz CT molecular complexity index is 2190. The number of primary amides is 1. The summed E-state index contributed by atoms with van der Waals surface area (Å²) in [6, 6.07) is 15.5. The molecule has 5 aromatic rings. The zero-order valence-corrected chi connectivity index (χ0v) is 31.3. The highest BCUT2D eigenvalue weighted by atomic mass is 79.9. The monoisotopic (exact) mass is 796 g/mol. The molecule has 3 heterocycles. The van der Waals surface area contributed by atoms with E-state index >= 15 is 4.39 Å². The van der Waals surface area contributed by atoms with Gasteiger partial charge in [0.15, 0.2) is 5.75 Å². The number of allylic oxidation sites excluding steroid dienone is 1. The van der Waals surface area contributed by atoms with Crippen LogP contribution in [0.15, 0.2) is 71.2 Å². The van der Waals surface area contributed by atoms with Crippen molar-refractivity contribution in [2.24, 2.45) is 5.73 Å². The minimum Gasteiger partial charge on any atom is -0.490 e. The van der Waals surface area contributed by atoms with Crippen molar-refractivity contribution in [2.45, 2.75) is 59.0 Å². The maximum atomic E-state index is 15.5. The van der Waals surface area contributed by atoms with Gasteiger partial charge in [-0.25, -0.2) is 23.1 Å². The van der Waals surface area contributed by atoms with E-state index in [1.165, 1.54) is 24.3 Å². The molecule has 0 radical (unpaired) electrons. The summed E-state index contributed by atoms with van der Waals surface area (Å²) in [5, 5.41) is 4.01. The van der Waals surface area contributed by atoms with Crippen molar-refractivity contribution in [2.75, 3.05) is 13.2 Å². The lowest BCUT2D eigenvalue weighted by molar-refractivity contribution is -0.106. The molecule has 0 aliphatic carbocycles. The van der Waals surface area contributed by atoms with E-state index in [-0.39, 0.29) is 30.0 Å². The van der Waals surface area contributed by atoms with Gasteiger partial charge in [0.1, 0.15) is 34.4 Å². The molecule has 0 saturated heterocycles. The van der Waals surface area contributed by atoms with Crippen LogP contribution in [0.1, 0.15) is 67.3 Å². The van der Waals surface area contributed by atoms with E-state index in [2.05, 4.69) is 32.0 Å². The number of ether oxygens (including phenoxy) is 2. The first-order valence-electron chi connectivity index (χ1n) is 16.7. The van der Waals surface area contributed by atoms with E-state index in [1.807, 2.05) is 26.0 Å². The predicted molar refractivity (Wildman–Crippen MR) is 198 cm³/mol. The van der Waals surface area contributed by atoms with Crippen LogP contribution in [0.25, 0.3) is 27.9 Å². The zero-order chi connectivity index (χ0) is 38.6. The number of benzene rings is 3. The molecule has 1 aliphatic rings. The number of nitrogens with one attached hydrogen (secondary N) is 1. The molecule has 278 valence electrons. The highest BCUT2D eigenvalue weighted by molar-refractivity contribution is 9.10. The molecule has 0 bridgehead atoms. The van der Waals surface area contributed by atoms with E-state index in [0.29, 0.717) is 67.9 Å². The molecule has 1 aliphatic heterocycles. The van der Waals surface area contributed by atoms with E-state index in [9.17, 15) is 17.6 Å². The number of carbonyl (C=O) groups excluding carboxylic acids is 1. The zero-order valence-electron chi connectivity index (χ0n) is 29.7. The highest BCUT2D eigenvalue weighted by Gasteiger charge is 2.37. The predicted octanol–water partition coefficient (Wildman–Crippen LogP) is 9.50. The van der Waals surface area contributed by atoms with Gasteiger partial charge in [0.2, 0.25) is 6.41 Å². The standard InChI is InChI=1S/C39H35BrF5N3O2.CH3NO/c1-6-21-13-26(31(43)17-30(21)42)36-37-28(39(4,5)19-49-37)16-33(48-36)27(22-9-8-10-25(41)12-22)18-46-32(7-2)23-11-24-14-29(40)20(3)47-35(24)34(15-23)50-38(44)45;2-1-3/h7-17,27,38,46H,6,18-19H2,1-5H3;1H,(H2,2,3). The quantitative estimate of drug-likeness (QED) is 0.108. The SMILES string of the molecule is CC=C(NCC(c1cccc(F)c1)c1cc2c(c(-c3cc(CC)c(F)cc3F)n1)OCC2(C)C)c1cc(OC(F)F)c2nc(C)c(Br)cc2c1.NC=O. The average molecular weight is 798 g/mol. The number of hydrogen-bond acceptors (Lipinski definition) is 6. The first-order chi connectivity index (χ1) is 25.2. The van der Waals surface area contributed by atoms with E-state index < -0.39 is 35.4 Å². The van der Waals surface area contributed by atoms with Crippen molar-refractivity contribution in [1.82, 2.24) is 15.3 Å². The molecule has 3 N–H and O–H groups in total. The van der Waals surface area contributed by atoms with Gasteiger partial charge in [-0.05, 0) is 89.8 Å². The van der Waals surface area contributed by atoms with Gasteiger partial charge < -0.3 is 20.5 Å². The van der Waals surface area contributed by atoms with E-state index in [1.54, 1.807) is 45.0 Å². The number of alkyl halides is 2. The topological polar surface area (TPSA) is 99.4 Å². The lowest BCUT2D eigenvalue weighted by Crippen LogP contribution is -2.23. The summed E-state index contributed by atoms with van der Waals surface area (Å²) in [5.74, 6) is -2.10. The Morgan fingerprint density at radius 2 is 1.81 bits per heavy atom. The third-order valence-corrected chi connectivity index (χ3v) is 9.81.